The van der Waals surface area contributed by atoms with Crippen molar-refractivity contribution in [2.45, 2.75) is 6.61 Å². The zero-order valence-corrected chi connectivity index (χ0v) is 21.7. The molecule has 0 radical (unpaired) electrons. The second kappa shape index (κ2) is 11.8. The first-order valence-electron chi connectivity index (χ1n) is 11.6. The molecule has 0 fully saturated rings. The number of benzene rings is 3. The van der Waals surface area contributed by atoms with Crippen LogP contribution in [-0.2, 0) is 28.2 Å². The van der Waals surface area contributed by atoms with Crippen LogP contribution < -0.4 is 9.30 Å². The highest BCUT2D eigenvalue weighted by Crippen LogP contribution is 2.26. The number of phenols is 1. The van der Waals surface area contributed by atoms with Gasteiger partial charge in [-0.1, -0.05) is 54.6 Å². The van der Waals surface area contributed by atoms with E-state index in [0.717, 1.165) is 51.6 Å². The molecule has 0 atom stereocenters. The number of aromatic hydroxyl groups is 1. The molecule has 38 heavy (non-hydrogen) atoms. The van der Waals surface area contributed by atoms with Crippen molar-refractivity contribution in [2.24, 2.45) is 7.05 Å². The van der Waals surface area contributed by atoms with E-state index >= 15 is 0 Å². The fourth-order valence-electron chi connectivity index (χ4n) is 3.88. The highest BCUT2D eigenvalue weighted by atomic mass is 32.3. The zero-order valence-electron chi connectivity index (χ0n) is 20.9. The maximum Gasteiger partial charge on any atom is 0.397 e. The van der Waals surface area contributed by atoms with E-state index in [1.54, 1.807) is 6.07 Å². The number of aromatic nitrogens is 2. The highest BCUT2D eigenvalue weighted by Gasteiger charge is 2.13. The maximum absolute atomic E-state index is 10.3. The van der Waals surface area contributed by atoms with Gasteiger partial charge in [0.05, 0.1) is 18.2 Å². The zero-order chi connectivity index (χ0) is 27.1. The van der Waals surface area contributed by atoms with Gasteiger partial charge in [0.25, 0.3) is 5.52 Å². The van der Waals surface area contributed by atoms with Crippen LogP contribution >= 0.6 is 0 Å². The van der Waals surface area contributed by atoms with Crippen LogP contribution in [0, 0.1) is 0 Å². The number of hydrogen-bond acceptors (Lipinski definition) is 6. The Labute approximate surface area is 221 Å². The van der Waals surface area contributed by atoms with E-state index in [4.69, 9.17) is 14.3 Å². The van der Waals surface area contributed by atoms with Gasteiger partial charge in [0.2, 0.25) is 5.69 Å². The van der Waals surface area contributed by atoms with Gasteiger partial charge in [-0.15, -0.1) is 0 Å². The molecule has 0 unspecified atom stereocenters. The Morgan fingerprint density at radius 3 is 2.29 bits per heavy atom. The van der Waals surface area contributed by atoms with Gasteiger partial charge in [-0.2, -0.15) is 13.0 Å². The van der Waals surface area contributed by atoms with Gasteiger partial charge in [-0.25, -0.2) is 4.98 Å². The average Bonchev–Trinajstić information content (AvgIpc) is 2.92. The number of fused-ring (bicyclic) bond motifs is 2. The third-order valence-electron chi connectivity index (χ3n) is 5.78. The van der Waals surface area contributed by atoms with Gasteiger partial charge >= 0.3 is 10.4 Å². The minimum atomic E-state index is -4.16. The van der Waals surface area contributed by atoms with Crippen LogP contribution in [0.1, 0.15) is 17.0 Å². The Bertz CT molecular complexity index is 1700. The van der Waals surface area contributed by atoms with Crippen molar-refractivity contribution >= 4 is 44.4 Å². The maximum atomic E-state index is 10.3. The number of pyridine rings is 2. The molecule has 0 saturated carbocycles. The monoisotopic (exact) mass is 531 g/mol. The third kappa shape index (κ3) is 6.71. The molecule has 9 heteroatoms. The first-order valence-corrected chi connectivity index (χ1v) is 13.0. The second-order valence-electron chi connectivity index (χ2n) is 8.30. The summed E-state index contributed by atoms with van der Waals surface area (Å²) in [6.45, 7) is 0.498. The summed E-state index contributed by atoms with van der Waals surface area (Å²) in [4.78, 5) is 4.84. The van der Waals surface area contributed by atoms with E-state index in [-0.39, 0.29) is 5.75 Å². The molecule has 5 aromatic rings. The summed E-state index contributed by atoms with van der Waals surface area (Å²) in [5, 5.41) is 12.3. The summed E-state index contributed by atoms with van der Waals surface area (Å²) in [6, 6.07) is 29.8. The summed E-state index contributed by atoms with van der Waals surface area (Å²) in [6.07, 6.45) is 3.99. The molecule has 5 rings (SSSR count). The van der Waals surface area contributed by atoms with Crippen molar-refractivity contribution in [3.8, 4) is 11.5 Å². The molecule has 194 valence electrons. The van der Waals surface area contributed by atoms with E-state index in [1.165, 1.54) is 0 Å². The number of hydrogen-bond donors (Lipinski definition) is 2. The van der Waals surface area contributed by atoms with Crippen molar-refractivity contribution in [1.82, 2.24) is 4.98 Å². The summed E-state index contributed by atoms with van der Waals surface area (Å²) in [5.41, 5.74) is 4.57. The first kappa shape index (κ1) is 26.7. The predicted molar refractivity (Wildman–Crippen MR) is 147 cm³/mol. The van der Waals surface area contributed by atoms with Gasteiger partial charge in [0.15, 0.2) is 5.75 Å². The Morgan fingerprint density at radius 1 is 0.868 bits per heavy atom. The Hall–Kier alpha value is -4.31. The van der Waals surface area contributed by atoms with Crippen LogP contribution in [0.25, 0.3) is 34.0 Å². The molecule has 2 heterocycles. The Kier molecular flexibility index (Phi) is 8.32. The van der Waals surface area contributed by atoms with Gasteiger partial charge in [-0.05, 0) is 42.0 Å². The van der Waals surface area contributed by atoms with Gasteiger partial charge in [-0.3, -0.25) is 8.74 Å². The van der Waals surface area contributed by atoms with Crippen LogP contribution in [0.2, 0.25) is 0 Å². The third-order valence-corrected chi connectivity index (χ3v) is 6.20. The van der Waals surface area contributed by atoms with Crippen LogP contribution in [0.15, 0.2) is 91.0 Å². The second-order valence-corrected chi connectivity index (χ2v) is 9.49. The van der Waals surface area contributed by atoms with E-state index in [9.17, 15) is 13.5 Å². The molecule has 0 aliphatic carbocycles. The summed E-state index contributed by atoms with van der Waals surface area (Å²) < 4.78 is 37.8. The predicted octanol–water partition coefficient (Wildman–Crippen LogP) is 5.10. The fraction of sp³-hybridized carbons (Fsp3) is 0.103. The fourth-order valence-corrected chi connectivity index (χ4v) is 3.88. The molecular formula is C29H27N2O6S+. The quantitative estimate of drug-likeness (QED) is 0.232. The van der Waals surface area contributed by atoms with Crippen LogP contribution in [0.5, 0.6) is 11.5 Å². The molecule has 2 aromatic heterocycles. The lowest BCUT2D eigenvalue weighted by Gasteiger charge is -2.09. The molecule has 0 aliphatic heterocycles. The largest absolute Gasteiger partial charge is 0.502 e. The standard InChI is InChI=1S/C28H22N2O2.CH4O4S/c1-30-24(17-14-22-10-5-11-25(31)28(22)30)18-16-23-15-13-21-9-6-12-26(27(21)29-23)32-19-20-7-3-2-4-8-20;1-5-6(2,3)4/h2-18H,19H2,1H3;1H3,(H,2,3,4)/p+1. The Balaban J connectivity index is 0.000000505. The molecule has 0 bridgehead atoms. The summed E-state index contributed by atoms with van der Waals surface area (Å²) in [5.74, 6) is 1.03. The van der Waals surface area contributed by atoms with Crippen LogP contribution in [-0.4, -0.2) is 30.2 Å². The molecule has 0 spiro atoms. The first-order chi connectivity index (χ1) is 18.2. The smallest absolute Gasteiger partial charge is 0.397 e. The van der Waals surface area contributed by atoms with Crippen molar-refractivity contribution in [1.29, 1.82) is 0 Å². The van der Waals surface area contributed by atoms with Crippen molar-refractivity contribution in [3.63, 3.8) is 0 Å². The number of aryl methyl sites for hydroxylation is 1. The number of para-hydroxylation sites is 2. The summed E-state index contributed by atoms with van der Waals surface area (Å²) >= 11 is 0. The molecule has 8 nitrogen and oxygen atoms in total. The van der Waals surface area contributed by atoms with Crippen molar-refractivity contribution < 1.29 is 31.6 Å². The SMILES string of the molecule is COS(=O)(=O)O.C[n+]1c(/C=C/c2ccc3cccc(OCc4ccccc4)c3n2)ccc2cccc(O)c21. The lowest BCUT2D eigenvalue weighted by molar-refractivity contribution is -0.646. The van der Waals surface area contributed by atoms with Gasteiger partial charge in [0.1, 0.15) is 24.9 Å². The van der Waals surface area contributed by atoms with Crippen molar-refractivity contribution in [2.75, 3.05) is 7.11 Å². The molecule has 0 saturated heterocycles. The van der Waals surface area contributed by atoms with E-state index in [2.05, 4.69) is 10.2 Å². The number of phenolic OH excluding ortho intramolecular Hbond substituents is 1. The Morgan fingerprint density at radius 2 is 1.55 bits per heavy atom. The normalized spacial score (nSPS) is 11.4. The van der Waals surface area contributed by atoms with E-state index in [1.807, 2.05) is 103 Å². The molecule has 0 aliphatic rings. The van der Waals surface area contributed by atoms with Crippen LogP contribution in [0.4, 0.5) is 0 Å². The van der Waals surface area contributed by atoms with Crippen molar-refractivity contribution in [3.05, 3.63) is 108 Å². The van der Waals surface area contributed by atoms with Gasteiger partial charge in [0, 0.05) is 17.5 Å². The topological polar surface area (TPSA) is 110 Å². The van der Waals surface area contributed by atoms with E-state index in [0.29, 0.717) is 6.61 Å². The molecule has 2 N–H and O–H groups in total. The highest BCUT2D eigenvalue weighted by molar-refractivity contribution is 7.80. The lowest BCUT2D eigenvalue weighted by Crippen LogP contribution is -2.32. The van der Waals surface area contributed by atoms with E-state index < -0.39 is 10.4 Å². The molecule has 0 amide bonds. The number of ether oxygens (including phenoxy) is 1. The number of nitrogens with zero attached hydrogens (tertiary/aromatic N) is 2. The lowest BCUT2D eigenvalue weighted by atomic mass is 10.1. The minimum Gasteiger partial charge on any atom is -0.502 e. The minimum absolute atomic E-state index is 0.268. The number of rotatable bonds is 6. The molecule has 3 aromatic carbocycles. The van der Waals surface area contributed by atoms with Crippen LogP contribution in [0.3, 0.4) is 0 Å². The summed E-state index contributed by atoms with van der Waals surface area (Å²) in [7, 11) is -1.34. The van der Waals surface area contributed by atoms with Gasteiger partial charge < -0.3 is 9.84 Å². The average molecular weight is 532 g/mol. The molecular weight excluding hydrogens is 504 g/mol.